The van der Waals surface area contributed by atoms with E-state index < -0.39 is 4.92 Å². The number of methoxy groups -OCH3 is 1. The highest BCUT2D eigenvalue weighted by Gasteiger charge is 2.10. The second kappa shape index (κ2) is 6.97. The smallest absolute Gasteiger partial charge is 0.404 e. The Kier molecular flexibility index (Phi) is 5.52. The maximum atomic E-state index is 10.3. The van der Waals surface area contributed by atoms with Gasteiger partial charge in [0.05, 0.1) is 12.6 Å². The van der Waals surface area contributed by atoms with Crippen molar-refractivity contribution in [3.8, 4) is 0 Å². The van der Waals surface area contributed by atoms with Crippen molar-refractivity contribution in [1.82, 2.24) is 5.32 Å². The lowest BCUT2D eigenvalue weighted by molar-refractivity contribution is -0.402. The molecular formula is C10H16N2O4. The van der Waals surface area contributed by atoms with Crippen LogP contribution in [0.15, 0.2) is 16.5 Å². The molecule has 0 fully saturated rings. The molecule has 1 aromatic rings. The van der Waals surface area contributed by atoms with Crippen LogP contribution in [0.2, 0.25) is 0 Å². The van der Waals surface area contributed by atoms with E-state index in [1.807, 2.05) is 0 Å². The third-order valence-corrected chi connectivity index (χ3v) is 2.08. The quantitative estimate of drug-likeness (QED) is 0.416. The molecule has 0 saturated carbocycles. The van der Waals surface area contributed by atoms with Crippen molar-refractivity contribution in [3.05, 3.63) is 28.0 Å². The molecule has 0 amide bonds. The molecule has 0 aliphatic carbocycles. The summed E-state index contributed by atoms with van der Waals surface area (Å²) < 4.78 is 9.90. The van der Waals surface area contributed by atoms with E-state index >= 15 is 0 Å². The van der Waals surface area contributed by atoms with E-state index in [0.717, 1.165) is 26.0 Å². The van der Waals surface area contributed by atoms with E-state index in [-0.39, 0.29) is 5.88 Å². The summed E-state index contributed by atoms with van der Waals surface area (Å²) >= 11 is 0. The van der Waals surface area contributed by atoms with E-state index in [1.54, 1.807) is 13.2 Å². The minimum absolute atomic E-state index is 0.212. The number of nitro groups is 1. The summed E-state index contributed by atoms with van der Waals surface area (Å²) in [5.41, 5.74) is 0. The number of ether oxygens (including phenoxy) is 1. The zero-order valence-electron chi connectivity index (χ0n) is 9.27. The fourth-order valence-corrected chi connectivity index (χ4v) is 1.27. The van der Waals surface area contributed by atoms with E-state index in [4.69, 9.17) is 9.15 Å². The lowest BCUT2D eigenvalue weighted by atomic mass is 10.3. The Morgan fingerprint density at radius 1 is 1.50 bits per heavy atom. The zero-order chi connectivity index (χ0) is 11.8. The molecule has 0 aliphatic rings. The Morgan fingerprint density at radius 3 is 2.94 bits per heavy atom. The summed E-state index contributed by atoms with van der Waals surface area (Å²) in [6.45, 7) is 2.12. The van der Waals surface area contributed by atoms with Crippen LogP contribution in [0.5, 0.6) is 0 Å². The molecule has 1 rings (SSSR count). The fourth-order valence-electron chi connectivity index (χ4n) is 1.27. The number of unbranched alkanes of at least 4 members (excludes halogenated alkanes) is 1. The highest BCUT2D eigenvalue weighted by atomic mass is 16.6. The first kappa shape index (κ1) is 12.7. The number of hydrogen-bond acceptors (Lipinski definition) is 5. The Hall–Kier alpha value is -1.40. The van der Waals surface area contributed by atoms with Gasteiger partial charge < -0.3 is 14.5 Å². The highest BCUT2D eigenvalue weighted by molar-refractivity contribution is 5.17. The lowest BCUT2D eigenvalue weighted by Crippen LogP contribution is -2.14. The second-order valence-electron chi connectivity index (χ2n) is 3.37. The number of hydrogen-bond donors (Lipinski definition) is 1. The Balaban J connectivity index is 2.14. The van der Waals surface area contributed by atoms with Crippen LogP contribution in [0, 0.1) is 10.1 Å². The summed E-state index contributed by atoms with van der Waals surface area (Å²) in [5, 5.41) is 13.5. The SMILES string of the molecule is COCCCCNCc1ccc([N+](=O)[O-])o1. The summed E-state index contributed by atoms with van der Waals surface area (Å²) in [6.07, 6.45) is 2.01. The second-order valence-corrected chi connectivity index (χ2v) is 3.37. The number of nitrogens with one attached hydrogen (secondary N) is 1. The molecular weight excluding hydrogens is 212 g/mol. The first-order chi connectivity index (χ1) is 7.74. The molecule has 0 spiro atoms. The van der Waals surface area contributed by atoms with Crippen molar-refractivity contribution in [3.63, 3.8) is 0 Å². The van der Waals surface area contributed by atoms with Crippen molar-refractivity contribution in [2.45, 2.75) is 19.4 Å². The third kappa shape index (κ3) is 4.41. The van der Waals surface area contributed by atoms with Crippen LogP contribution < -0.4 is 5.32 Å². The molecule has 0 aromatic carbocycles. The molecule has 0 bridgehead atoms. The normalized spacial score (nSPS) is 10.6. The summed E-state index contributed by atoms with van der Waals surface area (Å²) in [5.74, 6) is 0.370. The molecule has 16 heavy (non-hydrogen) atoms. The average molecular weight is 228 g/mol. The topological polar surface area (TPSA) is 77.5 Å². The largest absolute Gasteiger partial charge is 0.433 e. The summed E-state index contributed by atoms with van der Waals surface area (Å²) in [6, 6.07) is 2.97. The fraction of sp³-hybridized carbons (Fsp3) is 0.600. The van der Waals surface area contributed by atoms with Crippen molar-refractivity contribution in [1.29, 1.82) is 0 Å². The van der Waals surface area contributed by atoms with E-state index in [9.17, 15) is 10.1 Å². The van der Waals surface area contributed by atoms with Gasteiger partial charge in [-0.15, -0.1) is 0 Å². The molecule has 1 heterocycles. The Bertz CT molecular complexity index is 324. The van der Waals surface area contributed by atoms with Crippen LogP contribution in [0.4, 0.5) is 5.88 Å². The maximum Gasteiger partial charge on any atom is 0.433 e. The molecule has 1 aromatic heterocycles. The van der Waals surface area contributed by atoms with E-state index in [2.05, 4.69) is 5.32 Å². The molecule has 1 N–H and O–H groups in total. The van der Waals surface area contributed by atoms with Gasteiger partial charge in [0.25, 0.3) is 0 Å². The zero-order valence-corrected chi connectivity index (χ0v) is 9.27. The molecule has 0 saturated heterocycles. The molecule has 90 valence electrons. The van der Waals surface area contributed by atoms with Crippen LogP contribution in [0.1, 0.15) is 18.6 Å². The van der Waals surface area contributed by atoms with Gasteiger partial charge in [-0.05, 0) is 25.5 Å². The Labute approximate surface area is 93.7 Å². The van der Waals surface area contributed by atoms with Crippen molar-refractivity contribution < 1.29 is 14.1 Å². The predicted octanol–water partition coefficient (Wildman–Crippen LogP) is 1.70. The van der Waals surface area contributed by atoms with Crippen LogP contribution >= 0.6 is 0 Å². The van der Waals surface area contributed by atoms with Gasteiger partial charge in [-0.25, -0.2) is 0 Å². The standard InChI is InChI=1S/C10H16N2O4/c1-15-7-3-2-6-11-8-9-4-5-10(16-9)12(13)14/h4-5,11H,2-3,6-8H2,1H3. The Morgan fingerprint density at radius 2 is 2.31 bits per heavy atom. The van der Waals surface area contributed by atoms with Crippen LogP contribution in [-0.2, 0) is 11.3 Å². The van der Waals surface area contributed by atoms with E-state index in [0.29, 0.717) is 12.3 Å². The van der Waals surface area contributed by atoms with Gasteiger partial charge in [0.2, 0.25) is 0 Å². The summed E-state index contributed by atoms with van der Waals surface area (Å²) in [4.78, 5) is 9.80. The van der Waals surface area contributed by atoms with Gasteiger partial charge in [-0.1, -0.05) is 0 Å². The van der Waals surface area contributed by atoms with Gasteiger partial charge in [0.1, 0.15) is 10.7 Å². The van der Waals surface area contributed by atoms with Crippen LogP contribution in [0.3, 0.4) is 0 Å². The first-order valence-corrected chi connectivity index (χ1v) is 5.17. The molecule has 0 aliphatic heterocycles. The predicted molar refractivity (Wildman–Crippen MR) is 58.2 cm³/mol. The van der Waals surface area contributed by atoms with E-state index in [1.165, 1.54) is 6.07 Å². The van der Waals surface area contributed by atoms with Gasteiger partial charge in [0.15, 0.2) is 0 Å². The average Bonchev–Trinajstić information content (AvgIpc) is 2.72. The molecule has 0 radical (unpaired) electrons. The number of rotatable bonds is 8. The van der Waals surface area contributed by atoms with Gasteiger partial charge in [-0.3, -0.25) is 10.1 Å². The first-order valence-electron chi connectivity index (χ1n) is 5.17. The van der Waals surface area contributed by atoms with Crippen molar-refractivity contribution >= 4 is 5.88 Å². The molecule has 6 heteroatoms. The molecule has 6 nitrogen and oxygen atoms in total. The van der Waals surface area contributed by atoms with Gasteiger partial charge in [-0.2, -0.15) is 0 Å². The minimum atomic E-state index is -0.540. The lowest BCUT2D eigenvalue weighted by Gasteiger charge is -2.01. The van der Waals surface area contributed by atoms with Crippen molar-refractivity contribution in [2.75, 3.05) is 20.3 Å². The number of nitrogens with zero attached hydrogens (tertiary/aromatic N) is 1. The monoisotopic (exact) mass is 228 g/mol. The highest BCUT2D eigenvalue weighted by Crippen LogP contribution is 2.14. The summed E-state index contributed by atoms with van der Waals surface area (Å²) in [7, 11) is 1.68. The number of furan rings is 1. The molecule has 0 atom stereocenters. The third-order valence-electron chi connectivity index (χ3n) is 2.08. The van der Waals surface area contributed by atoms with Gasteiger partial charge in [0, 0.05) is 13.7 Å². The minimum Gasteiger partial charge on any atom is -0.404 e. The van der Waals surface area contributed by atoms with Crippen LogP contribution in [-0.4, -0.2) is 25.2 Å². The van der Waals surface area contributed by atoms with Crippen molar-refractivity contribution in [2.24, 2.45) is 0 Å². The van der Waals surface area contributed by atoms with Crippen LogP contribution in [0.25, 0.3) is 0 Å². The molecule has 0 unspecified atom stereocenters. The van der Waals surface area contributed by atoms with Gasteiger partial charge >= 0.3 is 5.88 Å². The maximum absolute atomic E-state index is 10.3.